The van der Waals surface area contributed by atoms with Gasteiger partial charge in [0.2, 0.25) is 0 Å². The van der Waals surface area contributed by atoms with Crippen LogP contribution in [-0.4, -0.2) is 0 Å². The van der Waals surface area contributed by atoms with Gasteiger partial charge in [0.25, 0.3) is 0 Å². The van der Waals surface area contributed by atoms with Gasteiger partial charge in [0.15, 0.2) is 0 Å². The van der Waals surface area contributed by atoms with E-state index in [1.54, 1.807) is 12.2 Å². The Labute approximate surface area is 171 Å². The number of rotatable bonds is 0. The van der Waals surface area contributed by atoms with Crippen molar-refractivity contribution >= 4 is 56.4 Å². The van der Waals surface area contributed by atoms with Crippen LogP contribution in [0.2, 0.25) is 0 Å². The van der Waals surface area contributed by atoms with Crippen molar-refractivity contribution in [1.29, 1.82) is 10.5 Å². The van der Waals surface area contributed by atoms with E-state index >= 15 is 0 Å². The van der Waals surface area contributed by atoms with E-state index in [9.17, 15) is 0 Å². The fourth-order valence-corrected chi connectivity index (χ4v) is 0.149. The van der Waals surface area contributed by atoms with Gasteiger partial charge in [-0.1, -0.05) is 12.2 Å². The molecular formula is C8H10Br4Cu4N2. The molecular weight excluding hydrogens is 698 g/mol. The summed E-state index contributed by atoms with van der Waals surface area (Å²) in [5.41, 5.74) is 0. The quantitative estimate of drug-likeness (QED) is 0.245. The van der Waals surface area contributed by atoms with Gasteiger partial charge in [-0.15, -0.1) is 0 Å². The molecule has 0 amide bonds. The summed E-state index contributed by atoms with van der Waals surface area (Å²) in [5.74, 6) is 0. The molecule has 0 heterocycles. The van der Waals surface area contributed by atoms with Crippen LogP contribution in [0.3, 0.4) is 0 Å². The fourth-order valence-electron chi connectivity index (χ4n) is 0.149. The van der Waals surface area contributed by atoms with Crippen LogP contribution in [0.4, 0.5) is 0 Å². The van der Waals surface area contributed by atoms with E-state index in [2.05, 4.69) is 113 Å². The van der Waals surface area contributed by atoms with Crippen LogP contribution in [0.1, 0.15) is 13.8 Å². The third-order valence-electron chi connectivity index (χ3n) is 0.482. The van der Waals surface area contributed by atoms with Crippen LogP contribution < -0.4 is 0 Å². The van der Waals surface area contributed by atoms with Crippen molar-refractivity contribution in [3.63, 3.8) is 0 Å². The Morgan fingerprint density at radius 1 is 0.667 bits per heavy atom. The summed E-state index contributed by atoms with van der Waals surface area (Å²) in [6.45, 7) is 3.62. The Bertz CT molecular complexity index is 180. The molecule has 0 atom stereocenters. The van der Waals surface area contributed by atoms with Gasteiger partial charge in [0.05, 0.1) is 12.1 Å². The normalized spacial score (nSPS) is 6.00. The topological polar surface area (TPSA) is 47.6 Å². The Morgan fingerprint density at radius 3 is 0.833 bits per heavy atom. The molecule has 0 bridgehead atoms. The van der Waals surface area contributed by atoms with E-state index in [0.29, 0.717) is 0 Å². The number of nitriles is 2. The Hall–Kier alpha value is 2.46. The van der Waals surface area contributed by atoms with Gasteiger partial charge in [-0.2, -0.15) is 10.5 Å². The van der Waals surface area contributed by atoms with Crippen molar-refractivity contribution in [3.8, 4) is 12.1 Å². The Balaban J connectivity index is -0.0000000260. The van der Waals surface area contributed by atoms with Gasteiger partial charge >= 0.3 is 113 Å². The summed E-state index contributed by atoms with van der Waals surface area (Å²) in [6, 6.07) is 3.67. The first-order chi connectivity index (χ1) is 8.83. The monoisotopic (exact) mass is 701 g/mol. The second-order valence-electron chi connectivity index (χ2n) is 1.26. The molecule has 0 rings (SSSR count). The molecule has 124 valence electrons. The predicted molar refractivity (Wildman–Crippen MR) is 76.6 cm³/mol. The minimum absolute atomic E-state index is 1.43. The number of allylic oxidation sites excluding steroid dienone is 4. The first-order valence-electron chi connectivity index (χ1n) is 3.30. The van der Waals surface area contributed by atoms with Crippen LogP contribution in [0.15, 0.2) is 24.3 Å². The first-order valence-corrected chi connectivity index (χ1v) is 12.6. The summed E-state index contributed by atoms with van der Waals surface area (Å²) in [4.78, 5) is 0. The summed E-state index contributed by atoms with van der Waals surface area (Å²) < 4.78 is 0. The van der Waals surface area contributed by atoms with Crippen LogP contribution in [0, 0.1) is 22.7 Å². The van der Waals surface area contributed by atoms with E-state index in [-0.39, 0.29) is 0 Å². The molecule has 0 aromatic heterocycles. The van der Waals surface area contributed by atoms with Gasteiger partial charge in [-0.25, -0.2) is 0 Å². The zero-order chi connectivity index (χ0) is 16.2. The van der Waals surface area contributed by atoms with Gasteiger partial charge in [-0.05, 0) is 13.8 Å². The van der Waals surface area contributed by atoms with Crippen molar-refractivity contribution in [1.82, 2.24) is 0 Å². The molecule has 0 fully saturated rings. The molecule has 0 aromatic carbocycles. The average molecular weight is 708 g/mol. The van der Waals surface area contributed by atoms with Crippen molar-refractivity contribution in [2.75, 3.05) is 0 Å². The second-order valence-corrected chi connectivity index (χ2v) is 1.26. The molecule has 2 nitrogen and oxygen atoms in total. The zero-order valence-electron chi connectivity index (χ0n) is 8.92. The maximum atomic E-state index is 7.73. The van der Waals surface area contributed by atoms with Crippen LogP contribution >= 0.6 is 56.4 Å². The summed E-state index contributed by atoms with van der Waals surface area (Å²) in [7, 11) is 0. The molecule has 0 aliphatic rings. The van der Waals surface area contributed by atoms with Crippen molar-refractivity contribution in [2.45, 2.75) is 13.8 Å². The molecule has 0 aromatic rings. The molecule has 18 heavy (non-hydrogen) atoms. The van der Waals surface area contributed by atoms with E-state index in [1.807, 2.05) is 26.0 Å². The summed E-state index contributed by atoms with van der Waals surface area (Å²) in [6.07, 6.45) is 6.25. The zero-order valence-corrected chi connectivity index (χ0v) is 19.0. The number of hydrogen-bond acceptors (Lipinski definition) is 2. The average Bonchev–Trinajstić information content (AvgIpc) is 2.50. The van der Waals surface area contributed by atoms with E-state index < -0.39 is 0 Å². The Kier molecular flexibility index (Phi) is 191. The SMILES string of the molecule is CC=CC#N.CC=CC#N.[Cu][Br].[Cu][Br].[Cu][Br].[Cu][Br]. The molecule has 0 spiro atoms. The van der Waals surface area contributed by atoms with Gasteiger partial charge < -0.3 is 0 Å². The fraction of sp³-hybridized carbons (Fsp3) is 0.250. The first kappa shape index (κ1) is 37.1. The van der Waals surface area contributed by atoms with E-state index in [1.165, 1.54) is 12.2 Å². The van der Waals surface area contributed by atoms with E-state index in [0.717, 1.165) is 0 Å². The van der Waals surface area contributed by atoms with Gasteiger partial charge in [-0.3, -0.25) is 0 Å². The molecule has 0 saturated carbocycles. The van der Waals surface area contributed by atoms with Gasteiger partial charge in [0.1, 0.15) is 0 Å². The predicted octanol–water partition coefficient (Wildman–Crippen LogP) is 5.54. The summed E-state index contributed by atoms with van der Waals surface area (Å²) in [5, 5.41) is 15.5. The number of halogens is 4. The Morgan fingerprint density at radius 2 is 0.833 bits per heavy atom. The third kappa shape index (κ3) is 135. The number of nitrogens with zero attached hydrogens (tertiary/aromatic N) is 2. The molecule has 0 aliphatic heterocycles. The van der Waals surface area contributed by atoms with Crippen molar-refractivity contribution in [3.05, 3.63) is 24.3 Å². The molecule has 0 unspecified atom stereocenters. The molecule has 0 aliphatic carbocycles. The van der Waals surface area contributed by atoms with Crippen LogP contribution in [-0.2, 0) is 56.8 Å². The molecule has 10 heteroatoms. The van der Waals surface area contributed by atoms with E-state index in [4.69, 9.17) is 10.5 Å². The summed E-state index contributed by atoms with van der Waals surface area (Å²) >= 11 is 26.0. The van der Waals surface area contributed by atoms with Crippen LogP contribution in [0.25, 0.3) is 0 Å². The standard InChI is InChI=1S/2C4H5N.4BrH.4Cu/c2*1-2-3-4-5;;;;;;;;/h2*2-3H,1H3;4*1H;;;;/q;;;;;;4*+1/p-4. The van der Waals surface area contributed by atoms with Gasteiger partial charge in [0, 0.05) is 12.2 Å². The molecule has 0 N–H and O–H groups in total. The van der Waals surface area contributed by atoms with Crippen molar-refractivity contribution in [2.24, 2.45) is 0 Å². The third-order valence-corrected chi connectivity index (χ3v) is 0.482. The van der Waals surface area contributed by atoms with Crippen molar-refractivity contribution < 1.29 is 56.8 Å². The second kappa shape index (κ2) is 92.7. The minimum atomic E-state index is 1.43. The molecule has 0 radical (unpaired) electrons. The molecule has 0 saturated heterocycles. The number of hydrogen-bond donors (Lipinski definition) is 0. The maximum absolute atomic E-state index is 7.73. The van der Waals surface area contributed by atoms with Crippen LogP contribution in [0.5, 0.6) is 0 Å².